The molecule has 8 heteroatoms. The molecule has 0 amide bonds. The summed E-state index contributed by atoms with van der Waals surface area (Å²) in [5.74, 6) is -2.94. The van der Waals surface area contributed by atoms with E-state index >= 15 is 0 Å². The molecule has 30 heavy (non-hydrogen) atoms. The highest BCUT2D eigenvalue weighted by atomic mass is 32.1. The fourth-order valence-corrected chi connectivity index (χ4v) is 7.08. The predicted octanol–water partition coefficient (Wildman–Crippen LogP) is 4.79. The van der Waals surface area contributed by atoms with Gasteiger partial charge in [-0.3, -0.25) is 0 Å². The van der Waals surface area contributed by atoms with Crippen LogP contribution in [0.5, 0.6) is 0 Å². The lowest BCUT2D eigenvalue weighted by Gasteiger charge is -2.15. The number of H-pyrrole nitrogens is 1. The van der Waals surface area contributed by atoms with Crippen molar-refractivity contribution in [3.8, 4) is 11.3 Å². The van der Waals surface area contributed by atoms with Crippen molar-refractivity contribution in [3.05, 3.63) is 40.2 Å². The largest absolute Gasteiger partial charge is 0.346 e. The zero-order valence-electron chi connectivity index (χ0n) is 17.3. The molecule has 1 aliphatic carbocycles. The van der Waals surface area contributed by atoms with Crippen LogP contribution < -0.4 is 5.32 Å². The summed E-state index contributed by atoms with van der Waals surface area (Å²) in [6, 6.07) is 2.12. The molecule has 0 bridgehead atoms. The summed E-state index contributed by atoms with van der Waals surface area (Å²) in [7, 11) is 0. The molecule has 2 N–H and O–H groups in total. The maximum absolute atomic E-state index is 14.7. The van der Waals surface area contributed by atoms with Crippen molar-refractivity contribution in [2.24, 2.45) is 5.92 Å². The Hall–Kier alpha value is -2.32. The molecule has 0 radical (unpaired) electrons. The fourth-order valence-electron chi connectivity index (χ4n) is 5.57. The first kappa shape index (κ1) is 18.4. The van der Waals surface area contributed by atoms with E-state index in [0.717, 1.165) is 43.1 Å². The van der Waals surface area contributed by atoms with Crippen molar-refractivity contribution in [1.82, 2.24) is 24.9 Å². The highest BCUT2D eigenvalue weighted by Crippen LogP contribution is 2.70. The van der Waals surface area contributed by atoms with E-state index in [-0.39, 0.29) is 5.92 Å². The van der Waals surface area contributed by atoms with Crippen molar-refractivity contribution < 1.29 is 8.78 Å². The Bertz CT molecular complexity index is 1330. The number of rotatable bonds is 3. The molecule has 5 nitrogen and oxygen atoms in total. The molecule has 4 aromatic rings. The van der Waals surface area contributed by atoms with Crippen LogP contribution in [-0.4, -0.2) is 38.6 Å². The summed E-state index contributed by atoms with van der Waals surface area (Å²) in [6.45, 7) is 9.13. The number of aryl methyl sites for hydroxylation is 2. The molecule has 1 aliphatic heterocycles. The number of aromatic amines is 1. The van der Waals surface area contributed by atoms with E-state index in [0.29, 0.717) is 13.1 Å². The minimum Gasteiger partial charge on any atom is -0.346 e. The number of thiophene rings is 1. The number of aromatic nitrogens is 4. The lowest BCUT2D eigenvalue weighted by Crippen LogP contribution is -2.28. The normalized spacial score (nSPS) is 25.0. The van der Waals surface area contributed by atoms with Gasteiger partial charge in [0.15, 0.2) is 5.65 Å². The summed E-state index contributed by atoms with van der Waals surface area (Å²) in [4.78, 5) is 9.72. The molecule has 2 fully saturated rings. The van der Waals surface area contributed by atoms with Crippen LogP contribution in [0.3, 0.4) is 0 Å². The van der Waals surface area contributed by atoms with Crippen LogP contribution in [-0.2, 0) is 5.41 Å². The average Bonchev–Trinajstić information content (AvgIpc) is 3.30. The van der Waals surface area contributed by atoms with Gasteiger partial charge in [0.05, 0.1) is 17.0 Å². The van der Waals surface area contributed by atoms with E-state index in [9.17, 15) is 8.78 Å². The summed E-state index contributed by atoms with van der Waals surface area (Å²) in [6.07, 6.45) is 3.54. The third-order valence-corrected chi connectivity index (χ3v) is 8.44. The zero-order chi connectivity index (χ0) is 21.0. The first-order chi connectivity index (χ1) is 14.3. The maximum Gasteiger partial charge on any atom is 0.265 e. The maximum atomic E-state index is 14.7. The Balaban J connectivity index is 1.58. The van der Waals surface area contributed by atoms with Crippen molar-refractivity contribution >= 4 is 27.2 Å². The molecule has 5 heterocycles. The van der Waals surface area contributed by atoms with Crippen LogP contribution in [0.4, 0.5) is 8.78 Å². The number of alkyl halides is 2. The third-order valence-electron chi connectivity index (χ3n) is 7.05. The van der Waals surface area contributed by atoms with Crippen molar-refractivity contribution in [2.45, 2.75) is 45.0 Å². The average molecular weight is 428 g/mol. The summed E-state index contributed by atoms with van der Waals surface area (Å²) in [5, 5.41) is 8.59. The number of nitrogens with zero attached hydrogens (tertiary/aromatic N) is 3. The van der Waals surface area contributed by atoms with Gasteiger partial charge in [0, 0.05) is 35.1 Å². The quantitative estimate of drug-likeness (QED) is 0.494. The van der Waals surface area contributed by atoms with Gasteiger partial charge in [-0.05, 0) is 42.5 Å². The molecule has 156 valence electrons. The van der Waals surface area contributed by atoms with E-state index in [1.54, 1.807) is 10.8 Å². The monoisotopic (exact) mass is 427 g/mol. The van der Waals surface area contributed by atoms with E-state index in [1.165, 1.54) is 16.9 Å². The van der Waals surface area contributed by atoms with Crippen LogP contribution in [0.2, 0.25) is 0 Å². The molecule has 0 aromatic carbocycles. The highest BCUT2D eigenvalue weighted by molar-refractivity contribution is 7.19. The molecule has 2 unspecified atom stereocenters. The summed E-state index contributed by atoms with van der Waals surface area (Å²) in [5.41, 5.74) is 5.14. The molecule has 0 spiro atoms. The number of pyridine rings is 1. The molecule has 2 atom stereocenters. The van der Waals surface area contributed by atoms with Gasteiger partial charge in [0.2, 0.25) is 0 Å². The molecule has 1 saturated carbocycles. The third kappa shape index (κ3) is 2.03. The highest BCUT2D eigenvalue weighted by Gasteiger charge is 2.83. The summed E-state index contributed by atoms with van der Waals surface area (Å²) < 4.78 is 31.2. The van der Waals surface area contributed by atoms with Gasteiger partial charge in [-0.15, -0.1) is 11.3 Å². The standard InChI is InChI=1S/C22H23F2N5S/c1-10(2)15-16-12(4)18(21-8-25-6-14(21)22(21,23)24)30-20(16)28-17(15)13-5-11(3)19-26-9-27-29(19)7-13/h5,7,9-10,14,25,28H,6,8H2,1-4H3. The predicted molar refractivity (Wildman–Crippen MR) is 115 cm³/mol. The van der Waals surface area contributed by atoms with Crippen molar-refractivity contribution in [2.75, 3.05) is 13.1 Å². The lowest BCUT2D eigenvalue weighted by atomic mass is 9.93. The first-order valence-corrected chi connectivity index (χ1v) is 11.1. The topological polar surface area (TPSA) is 58.0 Å². The van der Waals surface area contributed by atoms with Gasteiger partial charge in [0.25, 0.3) is 5.92 Å². The second-order valence-corrected chi connectivity index (χ2v) is 10.1. The minimum atomic E-state index is -2.61. The van der Waals surface area contributed by atoms with Gasteiger partial charge in [-0.1, -0.05) is 13.8 Å². The van der Waals surface area contributed by atoms with E-state index in [1.807, 2.05) is 20.0 Å². The van der Waals surface area contributed by atoms with Crippen LogP contribution in [0.1, 0.15) is 41.3 Å². The molecule has 2 aliphatic rings. The van der Waals surface area contributed by atoms with Crippen LogP contribution >= 0.6 is 11.3 Å². The first-order valence-electron chi connectivity index (χ1n) is 10.3. The van der Waals surface area contributed by atoms with Gasteiger partial charge < -0.3 is 10.3 Å². The second-order valence-electron chi connectivity index (χ2n) is 9.05. The smallest absolute Gasteiger partial charge is 0.265 e. The molecular weight excluding hydrogens is 404 g/mol. The zero-order valence-corrected chi connectivity index (χ0v) is 18.1. The lowest BCUT2D eigenvalue weighted by molar-refractivity contribution is 0.0682. The van der Waals surface area contributed by atoms with Crippen LogP contribution in [0.15, 0.2) is 18.6 Å². The van der Waals surface area contributed by atoms with E-state index in [2.05, 4.69) is 40.3 Å². The number of hydrogen-bond acceptors (Lipinski definition) is 4. The van der Waals surface area contributed by atoms with Crippen molar-refractivity contribution in [1.29, 1.82) is 0 Å². The molecular formula is C22H23F2N5S. The Morgan fingerprint density at radius 1 is 1.30 bits per heavy atom. The van der Waals surface area contributed by atoms with E-state index < -0.39 is 17.3 Å². The fraction of sp³-hybridized carbons (Fsp3) is 0.455. The SMILES string of the molecule is Cc1c(C23CNCC2C3(F)F)sc2[nH]c(-c3cc(C)c4ncnn4c3)c(C(C)C)c12. The number of hydrogen-bond donors (Lipinski definition) is 2. The van der Waals surface area contributed by atoms with Gasteiger partial charge >= 0.3 is 0 Å². The Morgan fingerprint density at radius 3 is 2.80 bits per heavy atom. The molecule has 1 saturated heterocycles. The Morgan fingerprint density at radius 2 is 2.10 bits per heavy atom. The van der Waals surface area contributed by atoms with Gasteiger partial charge in [0.1, 0.15) is 11.2 Å². The summed E-state index contributed by atoms with van der Waals surface area (Å²) >= 11 is 1.51. The Labute approximate surface area is 176 Å². The molecule has 6 rings (SSSR count). The van der Waals surface area contributed by atoms with Crippen LogP contribution in [0, 0.1) is 19.8 Å². The number of piperidine rings is 1. The number of halogens is 2. The number of fused-ring (bicyclic) bond motifs is 3. The second kappa shape index (κ2) is 5.68. The Kier molecular flexibility index (Phi) is 3.49. The number of nitrogens with one attached hydrogen (secondary N) is 2. The van der Waals surface area contributed by atoms with Crippen LogP contribution in [0.25, 0.3) is 27.1 Å². The molecule has 4 aromatic heterocycles. The van der Waals surface area contributed by atoms with Gasteiger partial charge in [-0.25, -0.2) is 18.3 Å². The van der Waals surface area contributed by atoms with Gasteiger partial charge in [-0.2, -0.15) is 5.10 Å². The van der Waals surface area contributed by atoms with E-state index in [4.69, 9.17) is 0 Å². The minimum absolute atomic E-state index is 0.247. The van der Waals surface area contributed by atoms with Crippen molar-refractivity contribution in [3.63, 3.8) is 0 Å².